The largest absolute Gasteiger partial charge is 0.445 e. The maximum Gasteiger partial charge on any atom is 0.408 e. The molecule has 0 aliphatic heterocycles. The predicted octanol–water partition coefficient (Wildman–Crippen LogP) is 3.23. The molecule has 3 amide bonds. The maximum absolute atomic E-state index is 13.3. The Morgan fingerprint density at radius 3 is 2.10 bits per heavy atom. The fraction of sp³-hybridized carbons (Fsp3) is 0.448. The van der Waals surface area contributed by atoms with Crippen LogP contribution in [-0.4, -0.2) is 54.7 Å². The molecule has 2 aromatic rings. The minimum atomic E-state index is -1.34. The van der Waals surface area contributed by atoms with Crippen molar-refractivity contribution in [1.82, 2.24) is 16.0 Å². The van der Waals surface area contributed by atoms with Gasteiger partial charge in [0.05, 0.1) is 0 Å². The van der Waals surface area contributed by atoms with Gasteiger partial charge in [-0.1, -0.05) is 60.7 Å². The standard InChI is InChI=1S/C29H40N4O6/c1-28(2,3)39-26(36)31-17-11-10-16-24(32-27(37)38-19-23-14-8-5-9-15-23)25(35)33-29(20-30,21-34)18-22-12-6-4-7-13-22/h4-9,12-15,21,24H,10-11,16-20,30H2,1-3H3,(H,31,36)(H,32,37)(H,33,35)/t24-,29+/m0/s1. The normalized spacial score (nSPS) is 13.3. The molecule has 0 aliphatic carbocycles. The molecule has 0 unspecified atom stereocenters. The molecule has 0 aliphatic rings. The summed E-state index contributed by atoms with van der Waals surface area (Å²) in [5, 5.41) is 8.03. The molecule has 39 heavy (non-hydrogen) atoms. The third-order valence-corrected chi connectivity index (χ3v) is 5.73. The van der Waals surface area contributed by atoms with E-state index in [9.17, 15) is 19.2 Å². The predicted molar refractivity (Wildman–Crippen MR) is 148 cm³/mol. The Bertz CT molecular complexity index is 1060. The lowest BCUT2D eigenvalue weighted by atomic mass is 9.91. The average molecular weight is 541 g/mol. The summed E-state index contributed by atoms with van der Waals surface area (Å²) in [5.74, 6) is -0.555. The highest BCUT2D eigenvalue weighted by atomic mass is 16.6. The second-order valence-electron chi connectivity index (χ2n) is 10.3. The van der Waals surface area contributed by atoms with Gasteiger partial charge in [-0.15, -0.1) is 0 Å². The summed E-state index contributed by atoms with van der Waals surface area (Å²) in [6.45, 7) is 5.57. The number of hydrogen-bond donors (Lipinski definition) is 4. The zero-order valence-corrected chi connectivity index (χ0v) is 22.9. The Kier molecular flexibility index (Phi) is 12.4. The number of hydrogen-bond acceptors (Lipinski definition) is 7. The van der Waals surface area contributed by atoms with Crippen molar-refractivity contribution in [2.45, 2.75) is 70.2 Å². The van der Waals surface area contributed by atoms with Crippen molar-refractivity contribution >= 4 is 24.4 Å². The molecule has 0 radical (unpaired) electrons. The molecule has 10 nitrogen and oxygen atoms in total. The summed E-state index contributed by atoms with van der Waals surface area (Å²) in [5.41, 5.74) is 5.61. The lowest BCUT2D eigenvalue weighted by Gasteiger charge is -2.30. The highest BCUT2D eigenvalue weighted by Gasteiger charge is 2.33. The molecular weight excluding hydrogens is 500 g/mol. The summed E-state index contributed by atoms with van der Waals surface area (Å²) in [7, 11) is 0. The van der Waals surface area contributed by atoms with E-state index in [1.165, 1.54) is 0 Å². The van der Waals surface area contributed by atoms with Gasteiger partial charge in [0.15, 0.2) is 0 Å². The number of nitrogens with two attached hydrogens (primary N) is 1. The number of rotatable bonds is 14. The van der Waals surface area contributed by atoms with Crippen LogP contribution in [0.15, 0.2) is 60.7 Å². The Morgan fingerprint density at radius 2 is 1.54 bits per heavy atom. The molecule has 2 atom stereocenters. The van der Waals surface area contributed by atoms with Crippen molar-refractivity contribution in [1.29, 1.82) is 0 Å². The number of ether oxygens (including phenoxy) is 2. The van der Waals surface area contributed by atoms with Gasteiger partial charge in [0.25, 0.3) is 0 Å². The summed E-state index contributed by atoms with van der Waals surface area (Å²) in [6, 6.07) is 17.4. The van der Waals surface area contributed by atoms with Crippen LogP contribution in [0.2, 0.25) is 0 Å². The molecule has 2 aromatic carbocycles. The zero-order chi connectivity index (χ0) is 28.7. The van der Waals surface area contributed by atoms with Crippen LogP contribution in [0.5, 0.6) is 0 Å². The van der Waals surface area contributed by atoms with Crippen LogP contribution in [-0.2, 0) is 32.1 Å². The van der Waals surface area contributed by atoms with Crippen molar-refractivity contribution in [3.63, 3.8) is 0 Å². The second-order valence-corrected chi connectivity index (χ2v) is 10.3. The Hall–Kier alpha value is -3.92. The molecule has 0 heterocycles. The first-order valence-electron chi connectivity index (χ1n) is 13.0. The van der Waals surface area contributed by atoms with E-state index >= 15 is 0 Å². The molecule has 10 heteroatoms. The van der Waals surface area contributed by atoms with Crippen LogP contribution in [0.4, 0.5) is 9.59 Å². The fourth-order valence-corrected chi connectivity index (χ4v) is 3.73. The maximum atomic E-state index is 13.3. The topological polar surface area (TPSA) is 149 Å². The molecular formula is C29H40N4O6. The van der Waals surface area contributed by atoms with Gasteiger partial charge in [-0.05, 0) is 51.2 Å². The lowest BCUT2D eigenvalue weighted by molar-refractivity contribution is -0.128. The van der Waals surface area contributed by atoms with Gasteiger partial charge in [0.2, 0.25) is 5.91 Å². The van der Waals surface area contributed by atoms with Crippen LogP contribution in [0.25, 0.3) is 0 Å². The van der Waals surface area contributed by atoms with Crippen molar-refractivity contribution in [2.75, 3.05) is 13.1 Å². The molecule has 2 rings (SSSR count). The van der Waals surface area contributed by atoms with E-state index in [2.05, 4.69) is 16.0 Å². The van der Waals surface area contributed by atoms with Gasteiger partial charge in [-0.2, -0.15) is 0 Å². The number of amides is 3. The van der Waals surface area contributed by atoms with E-state index in [-0.39, 0.29) is 26.0 Å². The summed E-state index contributed by atoms with van der Waals surface area (Å²) in [6.07, 6.45) is 0.800. The molecule has 5 N–H and O–H groups in total. The molecule has 0 fully saturated rings. The molecule has 0 bridgehead atoms. The molecule has 0 saturated carbocycles. The van der Waals surface area contributed by atoms with Crippen LogP contribution in [0.3, 0.4) is 0 Å². The van der Waals surface area contributed by atoms with E-state index in [1.54, 1.807) is 20.8 Å². The second kappa shape index (κ2) is 15.5. The highest BCUT2D eigenvalue weighted by molar-refractivity contribution is 5.89. The van der Waals surface area contributed by atoms with Crippen LogP contribution in [0.1, 0.15) is 51.2 Å². The van der Waals surface area contributed by atoms with E-state index < -0.39 is 35.3 Å². The van der Waals surface area contributed by atoms with Crippen molar-refractivity contribution in [2.24, 2.45) is 5.73 Å². The SMILES string of the molecule is CC(C)(C)OC(=O)NCCCC[C@H](NC(=O)OCc1ccccc1)C(=O)N[C@@](C=O)(CN)Cc1ccccc1. The third-order valence-electron chi connectivity index (χ3n) is 5.73. The van der Waals surface area contributed by atoms with Gasteiger partial charge < -0.3 is 36.0 Å². The van der Waals surface area contributed by atoms with Gasteiger partial charge in [0, 0.05) is 19.5 Å². The number of nitrogens with one attached hydrogen (secondary N) is 3. The number of unbranched alkanes of at least 4 members (excludes halogenated alkanes) is 1. The van der Waals surface area contributed by atoms with E-state index in [0.717, 1.165) is 11.1 Å². The summed E-state index contributed by atoms with van der Waals surface area (Å²) in [4.78, 5) is 49.8. The van der Waals surface area contributed by atoms with E-state index in [0.29, 0.717) is 25.7 Å². The van der Waals surface area contributed by atoms with Crippen molar-refractivity contribution in [3.8, 4) is 0 Å². The monoisotopic (exact) mass is 540 g/mol. The van der Waals surface area contributed by atoms with Crippen LogP contribution < -0.4 is 21.7 Å². The first-order chi connectivity index (χ1) is 18.6. The summed E-state index contributed by atoms with van der Waals surface area (Å²) >= 11 is 0. The van der Waals surface area contributed by atoms with Crippen LogP contribution in [0, 0.1) is 0 Å². The number of aldehydes is 1. The zero-order valence-electron chi connectivity index (χ0n) is 22.9. The summed E-state index contributed by atoms with van der Waals surface area (Å²) < 4.78 is 10.5. The molecule has 0 spiro atoms. The number of carbonyl (C=O) groups excluding carboxylic acids is 4. The number of alkyl carbamates (subject to hydrolysis) is 2. The van der Waals surface area contributed by atoms with E-state index in [4.69, 9.17) is 15.2 Å². The van der Waals surface area contributed by atoms with E-state index in [1.807, 2.05) is 60.7 Å². The number of carbonyl (C=O) groups is 4. The first-order valence-corrected chi connectivity index (χ1v) is 13.0. The average Bonchev–Trinajstić information content (AvgIpc) is 2.90. The Labute approximate surface area is 230 Å². The molecule has 0 saturated heterocycles. The van der Waals surface area contributed by atoms with Gasteiger partial charge in [-0.25, -0.2) is 9.59 Å². The quantitative estimate of drug-likeness (QED) is 0.212. The third kappa shape index (κ3) is 12.0. The molecule has 0 aromatic heterocycles. The van der Waals surface area contributed by atoms with Gasteiger partial charge >= 0.3 is 12.2 Å². The molecule has 212 valence electrons. The lowest BCUT2D eigenvalue weighted by Crippen LogP contribution is -2.61. The number of benzene rings is 2. The highest BCUT2D eigenvalue weighted by Crippen LogP contribution is 2.13. The minimum Gasteiger partial charge on any atom is -0.445 e. The Balaban J connectivity index is 2.02. The minimum absolute atomic E-state index is 0.0376. The fourth-order valence-electron chi connectivity index (χ4n) is 3.73. The van der Waals surface area contributed by atoms with Crippen molar-refractivity contribution in [3.05, 3.63) is 71.8 Å². The van der Waals surface area contributed by atoms with Gasteiger partial charge in [-0.3, -0.25) is 4.79 Å². The van der Waals surface area contributed by atoms with Gasteiger partial charge in [0.1, 0.15) is 30.1 Å². The smallest absolute Gasteiger partial charge is 0.408 e. The van der Waals surface area contributed by atoms with Crippen molar-refractivity contribution < 1.29 is 28.7 Å². The first kappa shape index (κ1) is 31.3. The Morgan fingerprint density at radius 1 is 0.923 bits per heavy atom. The van der Waals surface area contributed by atoms with Crippen LogP contribution >= 0.6 is 0 Å².